The van der Waals surface area contributed by atoms with Gasteiger partial charge in [-0.2, -0.15) is 0 Å². The zero-order valence-corrected chi connectivity index (χ0v) is 11.0. The van der Waals surface area contributed by atoms with E-state index >= 15 is 0 Å². The predicted molar refractivity (Wildman–Crippen MR) is 67.8 cm³/mol. The molecule has 0 N–H and O–H groups in total. The number of ether oxygens (including phenoxy) is 2. The lowest BCUT2D eigenvalue weighted by molar-refractivity contribution is -0.137. The van der Waals surface area contributed by atoms with E-state index < -0.39 is 0 Å². The second-order valence-corrected chi connectivity index (χ2v) is 4.90. The molecule has 0 aromatic heterocycles. The van der Waals surface area contributed by atoms with Crippen molar-refractivity contribution in [2.24, 2.45) is 0 Å². The van der Waals surface area contributed by atoms with E-state index in [2.05, 4.69) is 13.8 Å². The van der Waals surface area contributed by atoms with Crippen LogP contribution in [0.5, 0.6) is 0 Å². The van der Waals surface area contributed by atoms with E-state index in [4.69, 9.17) is 9.47 Å². The van der Waals surface area contributed by atoms with Crippen LogP contribution in [0.3, 0.4) is 0 Å². The maximum Gasteiger partial charge on any atom is 0.0810 e. The van der Waals surface area contributed by atoms with Crippen molar-refractivity contribution in [1.29, 1.82) is 0 Å². The SMILES string of the molecule is CCCCCC1COC(CCCCC)CO1. The van der Waals surface area contributed by atoms with Crippen LogP contribution in [0.15, 0.2) is 0 Å². The van der Waals surface area contributed by atoms with Crippen molar-refractivity contribution in [3.63, 3.8) is 0 Å². The highest BCUT2D eigenvalue weighted by Gasteiger charge is 2.21. The molecular formula is C14H28O2. The van der Waals surface area contributed by atoms with E-state index in [1.807, 2.05) is 0 Å². The largest absolute Gasteiger partial charge is 0.373 e. The fraction of sp³-hybridized carbons (Fsp3) is 1.00. The quantitative estimate of drug-likeness (QED) is 0.586. The van der Waals surface area contributed by atoms with Crippen molar-refractivity contribution in [2.75, 3.05) is 13.2 Å². The van der Waals surface area contributed by atoms with Gasteiger partial charge in [-0.1, -0.05) is 52.4 Å². The molecule has 0 aliphatic carbocycles. The lowest BCUT2D eigenvalue weighted by Crippen LogP contribution is -2.35. The zero-order valence-electron chi connectivity index (χ0n) is 11.0. The minimum Gasteiger partial charge on any atom is -0.373 e. The third kappa shape index (κ3) is 5.86. The molecule has 2 heteroatoms. The van der Waals surface area contributed by atoms with E-state index in [1.54, 1.807) is 0 Å². The van der Waals surface area contributed by atoms with Crippen LogP contribution in [0, 0.1) is 0 Å². The third-order valence-electron chi connectivity index (χ3n) is 3.29. The molecule has 0 bridgehead atoms. The molecule has 1 aliphatic rings. The van der Waals surface area contributed by atoms with Crippen molar-refractivity contribution >= 4 is 0 Å². The van der Waals surface area contributed by atoms with Gasteiger partial charge in [0.15, 0.2) is 0 Å². The Hall–Kier alpha value is -0.0800. The first-order chi connectivity index (χ1) is 7.86. The predicted octanol–water partition coefficient (Wildman–Crippen LogP) is 3.93. The van der Waals surface area contributed by atoms with Crippen LogP contribution >= 0.6 is 0 Å². The normalized spacial score (nSPS) is 25.9. The van der Waals surface area contributed by atoms with Gasteiger partial charge in [0.1, 0.15) is 0 Å². The Labute approximate surface area is 101 Å². The van der Waals surface area contributed by atoms with E-state index in [0.717, 1.165) is 13.2 Å². The highest BCUT2D eigenvalue weighted by molar-refractivity contribution is 4.68. The monoisotopic (exact) mass is 228 g/mol. The van der Waals surface area contributed by atoms with Crippen LogP contribution in [-0.2, 0) is 9.47 Å². The molecule has 96 valence electrons. The Morgan fingerprint density at radius 3 is 1.50 bits per heavy atom. The molecule has 1 saturated heterocycles. The fourth-order valence-electron chi connectivity index (χ4n) is 2.16. The molecular weight excluding hydrogens is 200 g/mol. The summed E-state index contributed by atoms with van der Waals surface area (Å²) < 4.78 is 11.7. The first kappa shape index (κ1) is 14.0. The standard InChI is InChI=1S/C14H28O2/c1-3-5-7-9-13-11-16-14(12-15-13)10-8-6-4-2/h13-14H,3-12H2,1-2H3. The summed E-state index contributed by atoms with van der Waals surface area (Å²) in [4.78, 5) is 0. The summed E-state index contributed by atoms with van der Waals surface area (Å²) in [5, 5.41) is 0. The molecule has 0 saturated carbocycles. The Bertz CT molecular complexity index is 133. The maximum absolute atomic E-state index is 5.84. The number of rotatable bonds is 8. The number of hydrogen-bond donors (Lipinski definition) is 0. The third-order valence-corrected chi connectivity index (χ3v) is 3.29. The summed E-state index contributed by atoms with van der Waals surface area (Å²) in [5.74, 6) is 0. The van der Waals surface area contributed by atoms with Gasteiger partial charge in [-0.3, -0.25) is 0 Å². The topological polar surface area (TPSA) is 18.5 Å². The zero-order chi connectivity index (χ0) is 11.6. The number of unbranched alkanes of at least 4 members (excludes halogenated alkanes) is 4. The lowest BCUT2D eigenvalue weighted by atomic mass is 10.1. The molecule has 1 heterocycles. The smallest absolute Gasteiger partial charge is 0.0810 e. The van der Waals surface area contributed by atoms with Gasteiger partial charge in [0.25, 0.3) is 0 Å². The molecule has 0 amide bonds. The average molecular weight is 228 g/mol. The number of hydrogen-bond acceptors (Lipinski definition) is 2. The van der Waals surface area contributed by atoms with Gasteiger partial charge in [0, 0.05) is 0 Å². The minimum atomic E-state index is 0.369. The maximum atomic E-state index is 5.84. The van der Waals surface area contributed by atoms with Crippen LogP contribution in [0.4, 0.5) is 0 Å². The second-order valence-electron chi connectivity index (χ2n) is 4.90. The van der Waals surface area contributed by atoms with Crippen molar-refractivity contribution < 1.29 is 9.47 Å². The van der Waals surface area contributed by atoms with Gasteiger partial charge in [0.05, 0.1) is 25.4 Å². The van der Waals surface area contributed by atoms with E-state index in [0.29, 0.717) is 12.2 Å². The van der Waals surface area contributed by atoms with Gasteiger partial charge < -0.3 is 9.47 Å². The van der Waals surface area contributed by atoms with Crippen LogP contribution in [0.25, 0.3) is 0 Å². The molecule has 1 fully saturated rings. The molecule has 2 nitrogen and oxygen atoms in total. The molecule has 1 aliphatic heterocycles. The summed E-state index contributed by atoms with van der Waals surface area (Å²) in [6, 6.07) is 0. The Morgan fingerprint density at radius 1 is 0.750 bits per heavy atom. The Kier molecular flexibility index (Phi) is 7.87. The highest BCUT2D eigenvalue weighted by Crippen LogP contribution is 2.17. The van der Waals surface area contributed by atoms with E-state index in [-0.39, 0.29) is 0 Å². The molecule has 0 aromatic carbocycles. The van der Waals surface area contributed by atoms with Crippen molar-refractivity contribution in [2.45, 2.75) is 77.4 Å². The fourth-order valence-corrected chi connectivity index (χ4v) is 2.16. The average Bonchev–Trinajstić information content (AvgIpc) is 2.32. The van der Waals surface area contributed by atoms with Gasteiger partial charge in [-0.25, -0.2) is 0 Å². The van der Waals surface area contributed by atoms with Crippen LogP contribution in [0.2, 0.25) is 0 Å². The summed E-state index contributed by atoms with van der Waals surface area (Å²) in [5.41, 5.74) is 0. The van der Waals surface area contributed by atoms with Crippen molar-refractivity contribution in [3.8, 4) is 0 Å². The molecule has 2 atom stereocenters. The van der Waals surface area contributed by atoms with Gasteiger partial charge in [-0.15, -0.1) is 0 Å². The van der Waals surface area contributed by atoms with Crippen LogP contribution < -0.4 is 0 Å². The van der Waals surface area contributed by atoms with Gasteiger partial charge in [0.2, 0.25) is 0 Å². The summed E-state index contributed by atoms with van der Waals surface area (Å²) in [6.45, 7) is 6.12. The molecule has 0 spiro atoms. The minimum absolute atomic E-state index is 0.369. The Balaban J connectivity index is 2.00. The first-order valence-electron chi connectivity index (χ1n) is 7.10. The molecule has 2 unspecified atom stereocenters. The van der Waals surface area contributed by atoms with Gasteiger partial charge in [-0.05, 0) is 12.8 Å². The van der Waals surface area contributed by atoms with E-state index in [1.165, 1.54) is 51.4 Å². The van der Waals surface area contributed by atoms with Crippen molar-refractivity contribution in [3.05, 3.63) is 0 Å². The van der Waals surface area contributed by atoms with Gasteiger partial charge >= 0.3 is 0 Å². The molecule has 16 heavy (non-hydrogen) atoms. The van der Waals surface area contributed by atoms with Crippen molar-refractivity contribution in [1.82, 2.24) is 0 Å². The molecule has 0 aromatic rings. The second kappa shape index (κ2) is 9.00. The summed E-state index contributed by atoms with van der Waals surface area (Å²) >= 11 is 0. The molecule has 0 radical (unpaired) electrons. The van der Waals surface area contributed by atoms with Crippen LogP contribution in [0.1, 0.15) is 65.2 Å². The first-order valence-corrected chi connectivity index (χ1v) is 7.10. The summed E-state index contributed by atoms with van der Waals surface area (Å²) in [7, 11) is 0. The molecule has 1 rings (SSSR count). The van der Waals surface area contributed by atoms with E-state index in [9.17, 15) is 0 Å². The summed E-state index contributed by atoms with van der Waals surface area (Å²) in [6.07, 6.45) is 10.9. The lowest BCUT2D eigenvalue weighted by Gasteiger charge is -2.29. The Morgan fingerprint density at radius 2 is 1.19 bits per heavy atom. The highest BCUT2D eigenvalue weighted by atomic mass is 16.6. The van der Waals surface area contributed by atoms with Crippen LogP contribution in [-0.4, -0.2) is 25.4 Å².